The fourth-order valence-corrected chi connectivity index (χ4v) is 1.37. The monoisotopic (exact) mass is 218 g/mol. The highest BCUT2D eigenvalue weighted by Crippen LogP contribution is 2.25. The molecule has 4 heteroatoms. The highest BCUT2D eigenvalue weighted by Gasteiger charge is 2.08. The van der Waals surface area contributed by atoms with Crippen LogP contribution in [0.15, 0.2) is 28.5 Å². The van der Waals surface area contributed by atoms with Crippen molar-refractivity contribution in [2.75, 3.05) is 0 Å². The van der Waals surface area contributed by atoms with Gasteiger partial charge in [-0.1, -0.05) is 18.2 Å². The lowest BCUT2D eigenvalue weighted by atomic mass is 10.0. The number of hydrogen-bond donors (Lipinski definition) is 2. The number of nitrogens with zero attached hydrogens (tertiary/aromatic N) is 2. The second kappa shape index (κ2) is 4.76. The van der Waals surface area contributed by atoms with E-state index >= 15 is 0 Å². The van der Waals surface area contributed by atoms with Gasteiger partial charge in [0.15, 0.2) is 0 Å². The molecule has 2 nitrogen and oxygen atoms in total. The smallest absolute Gasteiger partial charge is 0.102 e. The molecule has 0 aliphatic carbocycles. The first-order valence-electron chi connectivity index (χ1n) is 3.72. The molecule has 0 atom stereocenters. The Kier molecular flexibility index (Phi) is 3.64. The minimum absolute atomic E-state index is 0.314. The maximum Gasteiger partial charge on any atom is 0.102 e. The Hall–Kier alpha value is -1.36. The van der Waals surface area contributed by atoms with E-state index in [0.717, 1.165) is 0 Å². The van der Waals surface area contributed by atoms with Gasteiger partial charge in [-0.2, -0.15) is 10.5 Å². The van der Waals surface area contributed by atoms with Crippen LogP contribution >= 0.6 is 25.3 Å². The van der Waals surface area contributed by atoms with Crippen LogP contribution in [0.3, 0.4) is 0 Å². The minimum atomic E-state index is 0.314. The summed E-state index contributed by atoms with van der Waals surface area (Å²) in [5.74, 6) is 0. The topological polar surface area (TPSA) is 47.6 Å². The fraction of sp³-hybridized carbons (Fsp3) is 0. The molecule has 0 radical (unpaired) electrons. The minimum Gasteiger partial charge on any atom is -0.192 e. The lowest BCUT2D eigenvalue weighted by Crippen LogP contribution is -1.87. The zero-order valence-electron chi connectivity index (χ0n) is 7.10. The van der Waals surface area contributed by atoms with Crippen molar-refractivity contribution in [3.63, 3.8) is 0 Å². The van der Waals surface area contributed by atoms with Crippen molar-refractivity contribution in [2.24, 2.45) is 0 Å². The first-order valence-corrected chi connectivity index (χ1v) is 4.62. The first kappa shape index (κ1) is 10.7. The molecular formula is C10H6N2S2. The molecule has 14 heavy (non-hydrogen) atoms. The van der Waals surface area contributed by atoms with E-state index in [0.29, 0.717) is 20.9 Å². The number of allylic oxidation sites excluding steroid dienone is 1. The predicted molar refractivity (Wildman–Crippen MR) is 61.7 cm³/mol. The average molecular weight is 218 g/mol. The van der Waals surface area contributed by atoms with Crippen molar-refractivity contribution in [3.8, 4) is 12.1 Å². The SMILES string of the molecule is N#CC(=C(S)S)c1ccccc1C#N. The molecule has 0 fully saturated rings. The van der Waals surface area contributed by atoms with Gasteiger partial charge in [0, 0.05) is 5.56 Å². The molecular weight excluding hydrogens is 212 g/mol. The highest BCUT2D eigenvalue weighted by molar-refractivity contribution is 8.05. The maximum absolute atomic E-state index is 8.85. The number of benzene rings is 1. The van der Waals surface area contributed by atoms with E-state index in [4.69, 9.17) is 10.5 Å². The lowest BCUT2D eigenvalue weighted by molar-refractivity contribution is 1.46. The van der Waals surface area contributed by atoms with Gasteiger partial charge in [-0.05, 0) is 6.07 Å². The Morgan fingerprint density at radius 1 is 1.14 bits per heavy atom. The van der Waals surface area contributed by atoms with Crippen molar-refractivity contribution >= 4 is 30.8 Å². The van der Waals surface area contributed by atoms with Gasteiger partial charge < -0.3 is 0 Å². The molecule has 68 valence electrons. The third kappa shape index (κ3) is 2.11. The normalized spacial score (nSPS) is 8.57. The van der Waals surface area contributed by atoms with E-state index in [1.165, 1.54) is 0 Å². The third-order valence-corrected chi connectivity index (χ3v) is 2.10. The van der Waals surface area contributed by atoms with Gasteiger partial charge in [-0.15, -0.1) is 25.3 Å². The summed E-state index contributed by atoms with van der Waals surface area (Å²) in [7, 11) is 0. The van der Waals surface area contributed by atoms with Crippen LogP contribution in [-0.4, -0.2) is 0 Å². The van der Waals surface area contributed by atoms with E-state index in [2.05, 4.69) is 25.3 Å². The van der Waals surface area contributed by atoms with Gasteiger partial charge in [-0.3, -0.25) is 0 Å². The van der Waals surface area contributed by atoms with Crippen molar-refractivity contribution in [1.82, 2.24) is 0 Å². The number of hydrogen-bond acceptors (Lipinski definition) is 4. The molecule has 0 amide bonds. The summed E-state index contributed by atoms with van der Waals surface area (Å²) in [6.45, 7) is 0. The molecule has 0 aliphatic heterocycles. The molecule has 1 rings (SSSR count). The Labute approximate surface area is 93.3 Å². The summed E-state index contributed by atoms with van der Waals surface area (Å²) in [6, 6.07) is 10.8. The van der Waals surface area contributed by atoms with Crippen LogP contribution in [0.1, 0.15) is 11.1 Å². The highest BCUT2D eigenvalue weighted by atomic mass is 32.2. The van der Waals surface area contributed by atoms with E-state index in [9.17, 15) is 0 Å². The van der Waals surface area contributed by atoms with Gasteiger partial charge in [0.1, 0.15) is 6.07 Å². The van der Waals surface area contributed by atoms with Gasteiger partial charge in [-0.25, -0.2) is 0 Å². The van der Waals surface area contributed by atoms with E-state index < -0.39 is 0 Å². The maximum atomic E-state index is 8.85. The standard InChI is InChI=1S/C10H6N2S2/c11-5-7-3-1-2-4-8(7)9(6-12)10(13)14/h1-4,13-14H. The Balaban J connectivity index is 3.42. The fourth-order valence-electron chi connectivity index (χ4n) is 1.03. The number of nitriles is 2. The predicted octanol–water partition coefficient (Wildman–Crippen LogP) is 2.61. The molecule has 1 aromatic carbocycles. The molecule has 0 aromatic heterocycles. The molecule has 0 unspecified atom stereocenters. The summed E-state index contributed by atoms with van der Waals surface area (Å²) in [5.41, 5.74) is 1.33. The van der Waals surface area contributed by atoms with Crippen LogP contribution in [0.2, 0.25) is 0 Å². The molecule has 0 heterocycles. The van der Waals surface area contributed by atoms with Crippen LogP contribution < -0.4 is 0 Å². The second-order valence-corrected chi connectivity index (χ2v) is 3.72. The van der Waals surface area contributed by atoms with Crippen LogP contribution in [0, 0.1) is 22.7 Å². The van der Waals surface area contributed by atoms with Crippen molar-refractivity contribution in [2.45, 2.75) is 0 Å². The average Bonchev–Trinajstić information content (AvgIpc) is 2.19. The van der Waals surface area contributed by atoms with Gasteiger partial charge >= 0.3 is 0 Å². The molecule has 0 aliphatic rings. The lowest BCUT2D eigenvalue weighted by Gasteiger charge is -2.01. The van der Waals surface area contributed by atoms with Crippen LogP contribution in [0.4, 0.5) is 0 Å². The summed E-state index contributed by atoms with van der Waals surface area (Å²) in [4.78, 5) is 0. The van der Waals surface area contributed by atoms with Crippen molar-refractivity contribution in [1.29, 1.82) is 10.5 Å². The van der Waals surface area contributed by atoms with E-state index in [1.54, 1.807) is 24.3 Å². The molecule has 0 saturated heterocycles. The molecule has 0 spiro atoms. The van der Waals surface area contributed by atoms with Gasteiger partial charge in [0.2, 0.25) is 0 Å². The Morgan fingerprint density at radius 3 is 2.29 bits per heavy atom. The second-order valence-electron chi connectivity index (χ2n) is 2.47. The van der Waals surface area contributed by atoms with E-state index in [-0.39, 0.29) is 0 Å². The summed E-state index contributed by atoms with van der Waals surface area (Å²) >= 11 is 7.97. The van der Waals surface area contributed by atoms with Crippen molar-refractivity contribution in [3.05, 3.63) is 39.6 Å². The Morgan fingerprint density at radius 2 is 1.79 bits per heavy atom. The zero-order chi connectivity index (χ0) is 10.6. The number of rotatable bonds is 1. The van der Waals surface area contributed by atoms with Crippen LogP contribution in [0.25, 0.3) is 5.57 Å². The van der Waals surface area contributed by atoms with Crippen LogP contribution in [-0.2, 0) is 0 Å². The van der Waals surface area contributed by atoms with Gasteiger partial charge in [0.25, 0.3) is 0 Å². The van der Waals surface area contributed by atoms with Crippen molar-refractivity contribution < 1.29 is 0 Å². The third-order valence-electron chi connectivity index (χ3n) is 1.65. The molecule has 0 saturated carbocycles. The number of thiol groups is 2. The van der Waals surface area contributed by atoms with Gasteiger partial charge in [0.05, 0.1) is 21.4 Å². The largest absolute Gasteiger partial charge is 0.192 e. The molecule has 1 aromatic rings. The zero-order valence-corrected chi connectivity index (χ0v) is 8.89. The summed E-state index contributed by atoms with van der Waals surface area (Å²) < 4.78 is 0.315. The Bertz CT molecular complexity index is 460. The van der Waals surface area contributed by atoms with Crippen LogP contribution in [0.5, 0.6) is 0 Å². The summed E-state index contributed by atoms with van der Waals surface area (Å²) in [6.07, 6.45) is 0. The first-order chi connectivity index (χ1) is 6.70. The molecule has 0 bridgehead atoms. The quantitative estimate of drug-likeness (QED) is 0.562. The molecule has 0 N–H and O–H groups in total. The van der Waals surface area contributed by atoms with E-state index in [1.807, 2.05) is 12.1 Å². The summed E-state index contributed by atoms with van der Waals surface area (Å²) in [5, 5.41) is 17.7.